The van der Waals surface area contributed by atoms with Crippen LogP contribution < -0.4 is 4.74 Å². The highest BCUT2D eigenvalue weighted by Gasteiger charge is 2.34. The molecule has 0 unspecified atom stereocenters. The van der Waals surface area contributed by atoms with Crippen molar-refractivity contribution in [2.45, 2.75) is 6.18 Å². The van der Waals surface area contributed by atoms with Crippen LogP contribution in [0.4, 0.5) is 13.2 Å². The second kappa shape index (κ2) is 5.45. The molecule has 0 spiro atoms. The van der Waals surface area contributed by atoms with Crippen molar-refractivity contribution in [2.24, 2.45) is 0 Å². The van der Waals surface area contributed by atoms with Crippen LogP contribution in [0.2, 0.25) is 0 Å². The Balaban J connectivity index is 3.13. The van der Waals surface area contributed by atoms with Crippen molar-refractivity contribution in [3.63, 3.8) is 0 Å². The van der Waals surface area contributed by atoms with Crippen molar-refractivity contribution in [3.8, 4) is 17.6 Å². The molecule has 0 heterocycles. The molecule has 0 saturated carbocycles. The van der Waals surface area contributed by atoms with Gasteiger partial charge in [0.2, 0.25) is 0 Å². The van der Waals surface area contributed by atoms with Gasteiger partial charge in [-0.05, 0) is 18.2 Å². The van der Waals surface area contributed by atoms with Crippen LogP contribution in [0, 0.1) is 11.8 Å². The van der Waals surface area contributed by atoms with E-state index in [1.165, 1.54) is 0 Å². The molecule has 1 rings (SSSR count). The monoisotopic (exact) mass is 258 g/mol. The lowest BCUT2D eigenvalue weighted by atomic mass is 10.1. The maximum atomic E-state index is 12.5. The summed E-state index contributed by atoms with van der Waals surface area (Å²) in [4.78, 5) is 10.8. The number of hydrogen-bond acceptors (Lipinski definition) is 3. The number of hydrogen-bond donors (Lipinski definition) is 0. The Hall–Kier alpha value is -2.16. The summed E-state index contributed by atoms with van der Waals surface area (Å²) in [6.45, 7) is 0. The lowest BCUT2D eigenvalue weighted by Crippen LogP contribution is -2.07. The van der Waals surface area contributed by atoms with Gasteiger partial charge in [-0.1, -0.05) is 5.92 Å². The van der Waals surface area contributed by atoms with Crippen LogP contribution in [0.25, 0.3) is 0 Å². The number of rotatable bonds is 1. The van der Waals surface area contributed by atoms with Crippen molar-refractivity contribution >= 4 is 5.97 Å². The third-order valence-corrected chi connectivity index (χ3v) is 2.00. The topological polar surface area (TPSA) is 35.5 Å². The number of benzene rings is 1. The SMILES string of the molecule is COC(=O)C#Cc1ccc(C(F)(F)F)c(OC)c1. The molecule has 0 saturated heterocycles. The predicted molar refractivity (Wildman–Crippen MR) is 56.9 cm³/mol. The minimum absolute atomic E-state index is 0.227. The summed E-state index contributed by atoms with van der Waals surface area (Å²) in [7, 11) is 2.28. The molecule has 0 aliphatic heterocycles. The first-order chi connectivity index (χ1) is 8.38. The molecule has 1 aromatic carbocycles. The smallest absolute Gasteiger partial charge is 0.419 e. The molecular formula is C12H9F3O3. The van der Waals surface area contributed by atoms with Gasteiger partial charge in [0.25, 0.3) is 0 Å². The van der Waals surface area contributed by atoms with Gasteiger partial charge < -0.3 is 9.47 Å². The van der Waals surface area contributed by atoms with Gasteiger partial charge in [0.05, 0.1) is 19.8 Å². The molecule has 0 aromatic heterocycles. The lowest BCUT2D eigenvalue weighted by Gasteiger charge is -2.11. The van der Waals surface area contributed by atoms with Crippen LogP contribution in [0.3, 0.4) is 0 Å². The number of esters is 1. The predicted octanol–water partition coefficient (Wildman–Crippen LogP) is 2.24. The molecule has 0 bridgehead atoms. The van der Waals surface area contributed by atoms with Crippen LogP contribution in [0.5, 0.6) is 5.75 Å². The van der Waals surface area contributed by atoms with Crippen LogP contribution in [0.1, 0.15) is 11.1 Å². The largest absolute Gasteiger partial charge is 0.496 e. The number of carbonyl (C=O) groups excluding carboxylic acids is 1. The van der Waals surface area contributed by atoms with Gasteiger partial charge in [0.15, 0.2) is 0 Å². The van der Waals surface area contributed by atoms with Gasteiger partial charge in [-0.3, -0.25) is 0 Å². The quantitative estimate of drug-likeness (QED) is 0.572. The second-order valence-electron chi connectivity index (χ2n) is 3.15. The van der Waals surface area contributed by atoms with E-state index in [4.69, 9.17) is 0 Å². The zero-order valence-corrected chi connectivity index (χ0v) is 9.59. The fraction of sp³-hybridized carbons (Fsp3) is 0.250. The van der Waals surface area contributed by atoms with Crippen LogP contribution in [0.15, 0.2) is 18.2 Å². The van der Waals surface area contributed by atoms with E-state index in [2.05, 4.69) is 21.3 Å². The molecule has 96 valence electrons. The first-order valence-electron chi connectivity index (χ1n) is 4.73. The molecule has 6 heteroatoms. The van der Waals surface area contributed by atoms with E-state index < -0.39 is 17.7 Å². The minimum atomic E-state index is -4.50. The van der Waals surface area contributed by atoms with Crippen molar-refractivity contribution in [1.82, 2.24) is 0 Å². The Labute approximate surface area is 102 Å². The highest BCUT2D eigenvalue weighted by atomic mass is 19.4. The maximum absolute atomic E-state index is 12.5. The average Bonchev–Trinajstić information content (AvgIpc) is 2.34. The van der Waals surface area contributed by atoms with E-state index >= 15 is 0 Å². The Kier molecular flexibility index (Phi) is 4.21. The third kappa shape index (κ3) is 3.42. The first kappa shape index (κ1) is 13.9. The Bertz CT molecular complexity index is 510. The van der Waals surface area contributed by atoms with Crippen LogP contribution >= 0.6 is 0 Å². The zero-order valence-electron chi connectivity index (χ0n) is 9.59. The Morgan fingerprint density at radius 1 is 1.28 bits per heavy atom. The maximum Gasteiger partial charge on any atom is 0.419 e. The molecule has 0 aliphatic carbocycles. The average molecular weight is 258 g/mol. The highest BCUT2D eigenvalue weighted by Crippen LogP contribution is 2.36. The standard InChI is InChI=1S/C12H9F3O3/c1-17-10-7-8(4-6-11(16)18-2)3-5-9(10)12(13,14)15/h3,5,7H,1-2H3. The van der Waals surface area contributed by atoms with Crippen LogP contribution in [-0.4, -0.2) is 20.2 Å². The summed E-state index contributed by atoms with van der Waals surface area (Å²) in [5.41, 5.74) is -0.668. The van der Waals surface area contributed by atoms with Crippen molar-refractivity contribution in [1.29, 1.82) is 0 Å². The molecule has 0 radical (unpaired) electrons. The number of halogens is 3. The first-order valence-corrected chi connectivity index (χ1v) is 4.73. The Morgan fingerprint density at radius 3 is 2.44 bits per heavy atom. The molecule has 0 fully saturated rings. The molecule has 1 aromatic rings. The molecule has 0 aliphatic rings. The van der Waals surface area contributed by atoms with Crippen molar-refractivity contribution in [3.05, 3.63) is 29.3 Å². The zero-order chi connectivity index (χ0) is 13.8. The van der Waals surface area contributed by atoms with Crippen molar-refractivity contribution < 1.29 is 27.4 Å². The van der Waals surface area contributed by atoms with E-state index in [1.54, 1.807) is 0 Å². The normalized spacial score (nSPS) is 10.3. The lowest BCUT2D eigenvalue weighted by molar-refractivity contribution is -0.138. The number of ether oxygens (including phenoxy) is 2. The molecule has 0 N–H and O–H groups in total. The number of alkyl halides is 3. The minimum Gasteiger partial charge on any atom is -0.496 e. The van der Waals surface area contributed by atoms with Gasteiger partial charge in [-0.15, -0.1) is 0 Å². The summed E-state index contributed by atoms with van der Waals surface area (Å²) in [5, 5.41) is 0. The molecule has 0 amide bonds. The van der Waals surface area contributed by atoms with E-state index in [0.29, 0.717) is 0 Å². The fourth-order valence-corrected chi connectivity index (χ4v) is 1.18. The summed E-state index contributed by atoms with van der Waals surface area (Å²) in [6, 6.07) is 3.11. The van der Waals surface area contributed by atoms with E-state index in [9.17, 15) is 18.0 Å². The summed E-state index contributed by atoms with van der Waals surface area (Å²) in [5.74, 6) is 3.37. The number of methoxy groups -OCH3 is 2. The van der Waals surface area contributed by atoms with Gasteiger partial charge in [0.1, 0.15) is 5.75 Å². The van der Waals surface area contributed by atoms with Gasteiger partial charge in [-0.25, -0.2) is 4.79 Å². The van der Waals surface area contributed by atoms with Gasteiger partial charge in [0, 0.05) is 11.5 Å². The number of carbonyl (C=O) groups is 1. The van der Waals surface area contributed by atoms with Crippen molar-refractivity contribution in [2.75, 3.05) is 14.2 Å². The summed E-state index contributed by atoms with van der Waals surface area (Å²) >= 11 is 0. The molecule has 0 atom stereocenters. The van der Waals surface area contributed by atoms with Gasteiger partial charge in [-0.2, -0.15) is 13.2 Å². The third-order valence-electron chi connectivity index (χ3n) is 2.00. The second-order valence-corrected chi connectivity index (χ2v) is 3.15. The van der Waals surface area contributed by atoms with E-state index in [1.807, 2.05) is 0 Å². The van der Waals surface area contributed by atoms with E-state index in [-0.39, 0.29) is 11.3 Å². The van der Waals surface area contributed by atoms with Gasteiger partial charge >= 0.3 is 12.1 Å². The summed E-state index contributed by atoms with van der Waals surface area (Å²) < 4.78 is 46.6. The van der Waals surface area contributed by atoms with Crippen LogP contribution in [-0.2, 0) is 15.7 Å². The summed E-state index contributed by atoms with van der Waals surface area (Å²) in [6.07, 6.45) is -4.50. The molecule has 3 nitrogen and oxygen atoms in total. The highest BCUT2D eigenvalue weighted by molar-refractivity contribution is 5.89. The molecular weight excluding hydrogens is 249 g/mol. The fourth-order valence-electron chi connectivity index (χ4n) is 1.18. The Morgan fingerprint density at radius 2 is 1.94 bits per heavy atom. The van der Waals surface area contributed by atoms with E-state index in [0.717, 1.165) is 32.4 Å². The molecule has 18 heavy (non-hydrogen) atoms.